The number of amides is 2. The van der Waals surface area contributed by atoms with E-state index in [4.69, 9.17) is 0 Å². The van der Waals surface area contributed by atoms with Gasteiger partial charge in [-0.2, -0.15) is 0 Å². The number of anilines is 1. The maximum atomic E-state index is 11.8. The lowest BCUT2D eigenvalue weighted by atomic mass is 10.1. The number of hydrogen-bond donors (Lipinski definition) is 3. The standard InChI is InChI=1S/C16H27N3O/c1-6-10-17-12(2)13-8-7-9-14(11-13)18-15(20)19-16(3,4)5/h7-9,11-12,17H,6,10H2,1-5H3,(H2,18,19,20). The minimum absolute atomic E-state index is 0.177. The zero-order chi connectivity index (χ0) is 15.2. The highest BCUT2D eigenvalue weighted by Gasteiger charge is 2.13. The van der Waals surface area contributed by atoms with Crippen LogP contribution >= 0.6 is 0 Å². The molecule has 2 amide bonds. The van der Waals surface area contributed by atoms with Gasteiger partial charge in [-0.15, -0.1) is 0 Å². The first-order valence-electron chi connectivity index (χ1n) is 7.24. The Hall–Kier alpha value is -1.55. The van der Waals surface area contributed by atoms with Gasteiger partial charge in [0.1, 0.15) is 0 Å². The second-order valence-electron chi connectivity index (χ2n) is 6.13. The van der Waals surface area contributed by atoms with Crippen LogP contribution in [0.3, 0.4) is 0 Å². The molecule has 0 saturated heterocycles. The molecule has 0 spiro atoms. The van der Waals surface area contributed by atoms with Crippen molar-refractivity contribution in [2.45, 2.75) is 52.6 Å². The lowest BCUT2D eigenvalue weighted by Gasteiger charge is -2.21. The molecule has 0 radical (unpaired) electrons. The normalized spacial score (nSPS) is 12.8. The van der Waals surface area contributed by atoms with E-state index in [1.54, 1.807) is 0 Å². The monoisotopic (exact) mass is 277 g/mol. The predicted molar refractivity (Wildman–Crippen MR) is 85.1 cm³/mol. The molecule has 0 bridgehead atoms. The summed E-state index contributed by atoms with van der Waals surface area (Å²) in [7, 11) is 0. The second-order valence-corrected chi connectivity index (χ2v) is 6.13. The first-order valence-corrected chi connectivity index (χ1v) is 7.24. The number of carbonyl (C=O) groups excluding carboxylic acids is 1. The minimum atomic E-state index is -0.238. The zero-order valence-electron chi connectivity index (χ0n) is 13.2. The number of hydrogen-bond acceptors (Lipinski definition) is 2. The van der Waals surface area contributed by atoms with Crippen LogP contribution in [0.15, 0.2) is 24.3 Å². The summed E-state index contributed by atoms with van der Waals surface area (Å²) in [6.07, 6.45) is 1.11. The molecule has 20 heavy (non-hydrogen) atoms. The van der Waals surface area contributed by atoms with Gasteiger partial charge in [0.15, 0.2) is 0 Å². The average molecular weight is 277 g/mol. The van der Waals surface area contributed by atoms with Gasteiger partial charge < -0.3 is 16.0 Å². The van der Waals surface area contributed by atoms with E-state index < -0.39 is 0 Å². The van der Waals surface area contributed by atoms with E-state index in [1.165, 1.54) is 5.56 Å². The fourth-order valence-corrected chi connectivity index (χ4v) is 1.87. The minimum Gasteiger partial charge on any atom is -0.333 e. The van der Waals surface area contributed by atoms with Crippen LogP contribution in [0.4, 0.5) is 10.5 Å². The topological polar surface area (TPSA) is 53.2 Å². The molecule has 112 valence electrons. The molecular weight excluding hydrogens is 250 g/mol. The summed E-state index contributed by atoms with van der Waals surface area (Å²) in [6, 6.07) is 8.05. The highest BCUT2D eigenvalue weighted by Crippen LogP contribution is 2.17. The summed E-state index contributed by atoms with van der Waals surface area (Å²) >= 11 is 0. The van der Waals surface area contributed by atoms with Crippen LogP contribution in [-0.2, 0) is 0 Å². The highest BCUT2D eigenvalue weighted by molar-refractivity contribution is 5.89. The fraction of sp³-hybridized carbons (Fsp3) is 0.562. The van der Waals surface area contributed by atoms with Crippen molar-refractivity contribution in [2.24, 2.45) is 0 Å². The highest BCUT2D eigenvalue weighted by atomic mass is 16.2. The van der Waals surface area contributed by atoms with E-state index in [9.17, 15) is 4.79 Å². The van der Waals surface area contributed by atoms with Gasteiger partial charge in [0, 0.05) is 17.3 Å². The molecule has 0 aromatic heterocycles. The molecule has 3 N–H and O–H groups in total. The second kappa shape index (κ2) is 7.29. The van der Waals surface area contributed by atoms with E-state index in [0.717, 1.165) is 18.7 Å². The first kappa shape index (κ1) is 16.5. The van der Waals surface area contributed by atoms with E-state index in [1.807, 2.05) is 39.0 Å². The quantitative estimate of drug-likeness (QED) is 0.769. The molecule has 0 aliphatic carbocycles. The summed E-state index contributed by atoms with van der Waals surface area (Å²) in [5.74, 6) is 0. The Morgan fingerprint density at radius 2 is 2.00 bits per heavy atom. The summed E-state index contributed by atoms with van der Waals surface area (Å²) in [5.41, 5.74) is 1.75. The van der Waals surface area contributed by atoms with Crippen molar-refractivity contribution in [3.63, 3.8) is 0 Å². The van der Waals surface area contributed by atoms with Crippen LogP contribution in [0, 0.1) is 0 Å². The maximum Gasteiger partial charge on any atom is 0.319 e. The van der Waals surface area contributed by atoms with Crippen LogP contribution in [0.25, 0.3) is 0 Å². The van der Waals surface area contributed by atoms with E-state index >= 15 is 0 Å². The molecule has 0 aliphatic rings. The van der Waals surface area contributed by atoms with Crippen LogP contribution in [0.5, 0.6) is 0 Å². The molecule has 0 heterocycles. The Morgan fingerprint density at radius 3 is 2.60 bits per heavy atom. The zero-order valence-corrected chi connectivity index (χ0v) is 13.2. The molecule has 4 heteroatoms. The number of benzene rings is 1. The van der Waals surface area contributed by atoms with Crippen molar-refractivity contribution >= 4 is 11.7 Å². The lowest BCUT2D eigenvalue weighted by molar-refractivity contribution is 0.244. The number of urea groups is 1. The van der Waals surface area contributed by atoms with Crippen LogP contribution < -0.4 is 16.0 Å². The molecule has 1 aromatic carbocycles. The van der Waals surface area contributed by atoms with Crippen molar-refractivity contribution in [1.82, 2.24) is 10.6 Å². The third-order valence-electron chi connectivity index (χ3n) is 2.83. The molecule has 0 fully saturated rings. The molecule has 0 aliphatic heterocycles. The van der Waals surface area contributed by atoms with Crippen LogP contribution in [-0.4, -0.2) is 18.1 Å². The Morgan fingerprint density at radius 1 is 1.30 bits per heavy atom. The summed E-state index contributed by atoms with van der Waals surface area (Å²) in [6.45, 7) is 11.1. The Kier molecular flexibility index (Phi) is 6.02. The SMILES string of the molecule is CCCNC(C)c1cccc(NC(=O)NC(C)(C)C)c1. The smallest absolute Gasteiger partial charge is 0.319 e. The summed E-state index contributed by atoms with van der Waals surface area (Å²) < 4.78 is 0. The van der Waals surface area contributed by atoms with Gasteiger partial charge in [-0.05, 0) is 58.4 Å². The van der Waals surface area contributed by atoms with Crippen LogP contribution in [0.2, 0.25) is 0 Å². The van der Waals surface area contributed by atoms with Crippen molar-refractivity contribution < 1.29 is 4.79 Å². The van der Waals surface area contributed by atoms with Crippen molar-refractivity contribution in [3.8, 4) is 0 Å². The molecule has 1 atom stereocenters. The third-order valence-corrected chi connectivity index (χ3v) is 2.83. The molecular formula is C16H27N3O. The van der Waals surface area contributed by atoms with E-state index in [0.29, 0.717) is 0 Å². The fourth-order valence-electron chi connectivity index (χ4n) is 1.87. The number of nitrogens with one attached hydrogen (secondary N) is 3. The number of rotatable bonds is 5. The molecule has 0 saturated carbocycles. The van der Waals surface area contributed by atoms with Crippen molar-refractivity contribution in [3.05, 3.63) is 29.8 Å². The first-order chi connectivity index (χ1) is 9.31. The summed E-state index contributed by atoms with van der Waals surface area (Å²) in [5, 5.41) is 9.20. The molecule has 4 nitrogen and oxygen atoms in total. The Bertz CT molecular complexity index is 438. The van der Waals surface area contributed by atoms with Gasteiger partial charge >= 0.3 is 6.03 Å². The lowest BCUT2D eigenvalue weighted by Crippen LogP contribution is -2.43. The predicted octanol–water partition coefficient (Wildman–Crippen LogP) is 3.67. The molecule has 1 rings (SSSR count). The Labute approximate surface area is 122 Å². The maximum absolute atomic E-state index is 11.8. The van der Waals surface area contributed by atoms with Gasteiger partial charge in [-0.1, -0.05) is 19.1 Å². The van der Waals surface area contributed by atoms with Gasteiger partial charge in [0.2, 0.25) is 0 Å². The average Bonchev–Trinajstić information content (AvgIpc) is 2.33. The molecule has 1 unspecified atom stereocenters. The van der Waals surface area contributed by atoms with Gasteiger partial charge in [-0.25, -0.2) is 4.79 Å². The van der Waals surface area contributed by atoms with Gasteiger partial charge in [0.25, 0.3) is 0 Å². The third kappa shape index (κ3) is 6.06. The van der Waals surface area contributed by atoms with Gasteiger partial charge in [0.05, 0.1) is 0 Å². The van der Waals surface area contributed by atoms with E-state index in [2.05, 4.69) is 35.9 Å². The summed E-state index contributed by atoms with van der Waals surface area (Å²) in [4.78, 5) is 11.8. The number of carbonyl (C=O) groups is 1. The largest absolute Gasteiger partial charge is 0.333 e. The van der Waals surface area contributed by atoms with Crippen molar-refractivity contribution in [1.29, 1.82) is 0 Å². The Balaban J connectivity index is 2.66. The van der Waals surface area contributed by atoms with Gasteiger partial charge in [-0.3, -0.25) is 0 Å². The van der Waals surface area contributed by atoms with Crippen LogP contribution in [0.1, 0.15) is 52.6 Å². The van der Waals surface area contributed by atoms with Crippen molar-refractivity contribution in [2.75, 3.05) is 11.9 Å². The van der Waals surface area contributed by atoms with E-state index in [-0.39, 0.29) is 17.6 Å². The molecule has 1 aromatic rings.